The highest BCUT2D eigenvalue weighted by Gasteiger charge is 2.07. The number of aromatic nitrogens is 3. The van der Waals surface area contributed by atoms with Gasteiger partial charge in [-0.15, -0.1) is 0 Å². The summed E-state index contributed by atoms with van der Waals surface area (Å²) in [5.74, 6) is 0.798. The molecule has 7 heteroatoms. The predicted octanol–water partition coefficient (Wildman–Crippen LogP) is 4.05. The van der Waals surface area contributed by atoms with Crippen molar-refractivity contribution in [3.8, 4) is 0 Å². The summed E-state index contributed by atoms with van der Waals surface area (Å²) in [6, 6.07) is 5.69. The number of hydrogen-bond acceptors (Lipinski definition) is 5. The second-order valence-electron chi connectivity index (χ2n) is 4.29. The first-order chi connectivity index (χ1) is 9.58. The van der Waals surface area contributed by atoms with Crippen molar-refractivity contribution in [2.75, 3.05) is 17.2 Å². The fourth-order valence-corrected chi connectivity index (χ4v) is 2.01. The van der Waals surface area contributed by atoms with Crippen LogP contribution in [0.15, 0.2) is 18.2 Å². The minimum atomic E-state index is 0.129. The Morgan fingerprint density at radius 3 is 2.55 bits per heavy atom. The van der Waals surface area contributed by atoms with Crippen LogP contribution in [0.2, 0.25) is 10.3 Å². The molecule has 0 saturated heterocycles. The molecular formula is C13H15Cl2N5. The van der Waals surface area contributed by atoms with E-state index >= 15 is 0 Å². The molecule has 106 valence electrons. The highest BCUT2D eigenvalue weighted by Crippen LogP contribution is 2.25. The first-order valence-corrected chi connectivity index (χ1v) is 7.02. The molecule has 0 aliphatic rings. The molecule has 1 aromatic heterocycles. The number of nitrogens with zero attached hydrogens (tertiary/aromatic N) is 3. The zero-order valence-electron chi connectivity index (χ0n) is 11.2. The van der Waals surface area contributed by atoms with Gasteiger partial charge in [0, 0.05) is 6.54 Å². The third kappa shape index (κ3) is 3.95. The maximum atomic E-state index is 6.16. The Labute approximate surface area is 127 Å². The van der Waals surface area contributed by atoms with Crippen LogP contribution in [0.1, 0.15) is 18.9 Å². The zero-order chi connectivity index (χ0) is 14.5. The smallest absolute Gasteiger partial charge is 0.233 e. The molecule has 0 spiro atoms. The Bertz CT molecular complexity index is 603. The van der Waals surface area contributed by atoms with Gasteiger partial charge in [0.15, 0.2) is 0 Å². The SMILES string of the molecule is CCCNc1nc(Cl)nc(Nc2ccc(C)cc2Cl)n1. The summed E-state index contributed by atoms with van der Waals surface area (Å²) >= 11 is 12.0. The van der Waals surface area contributed by atoms with E-state index in [4.69, 9.17) is 23.2 Å². The number of aryl methyl sites for hydroxylation is 1. The summed E-state index contributed by atoms with van der Waals surface area (Å²) in [5.41, 5.74) is 1.81. The second kappa shape index (κ2) is 6.72. The maximum absolute atomic E-state index is 6.16. The van der Waals surface area contributed by atoms with Gasteiger partial charge in [-0.2, -0.15) is 15.0 Å². The highest BCUT2D eigenvalue weighted by atomic mass is 35.5. The van der Waals surface area contributed by atoms with Crippen LogP contribution >= 0.6 is 23.2 Å². The van der Waals surface area contributed by atoms with Gasteiger partial charge in [0.25, 0.3) is 0 Å². The van der Waals surface area contributed by atoms with Crippen LogP contribution in [0.3, 0.4) is 0 Å². The molecule has 0 aliphatic heterocycles. The molecule has 1 heterocycles. The van der Waals surface area contributed by atoms with Crippen LogP contribution in [0, 0.1) is 6.92 Å². The normalized spacial score (nSPS) is 10.4. The Hall–Kier alpha value is -1.59. The highest BCUT2D eigenvalue weighted by molar-refractivity contribution is 6.33. The fraction of sp³-hybridized carbons (Fsp3) is 0.308. The molecule has 1 aromatic carbocycles. The topological polar surface area (TPSA) is 62.7 Å². The number of halogens is 2. The van der Waals surface area contributed by atoms with E-state index in [0.29, 0.717) is 16.9 Å². The van der Waals surface area contributed by atoms with E-state index in [1.807, 2.05) is 25.1 Å². The predicted molar refractivity (Wildman–Crippen MR) is 83.1 cm³/mol. The van der Waals surface area contributed by atoms with E-state index in [0.717, 1.165) is 24.2 Å². The molecule has 0 saturated carbocycles. The number of rotatable bonds is 5. The molecule has 0 bridgehead atoms. The van der Waals surface area contributed by atoms with Crippen molar-refractivity contribution >= 4 is 40.8 Å². The lowest BCUT2D eigenvalue weighted by molar-refractivity contribution is 0.940. The maximum Gasteiger partial charge on any atom is 0.233 e. The summed E-state index contributed by atoms with van der Waals surface area (Å²) < 4.78 is 0. The standard InChI is InChI=1S/C13H15Cl2N5/c1-3-6-16-12-18-11(15)19-13(20-12)17-10-5-4-8(2)7-9(10)14/h4-5,7H,3,6H2,1-2H3,(H2,16,17,18,19,20). The Kier molecular flexibility index (Phi) is 4.98. The van der Waals surface area contributed by atoms with Crippen molar-refractivity contribution in [2.45, 2.75) is 20.3 Å². The summed E-state index contributed by atoms with van der Waals surface area (Å²) in [5, 5.41) is 6.83. The van der Waals surface area contributed by atoms with Crippen molar-refractivity contribution in [1.29, 1.82) is 0 Å². The minimum Gasteiger partial charge on any atom is -0.354 e. The molecule has 2 aromatic rings. The molecular weight excluding hydrogens is 297 g/mol. The Morgan fingerprint density at radius 2 is 1.85 bits per heavy atom. The van der Waals surface area contributed by atoms with Crippen LogP contribution < -0.4 is 10.6 Å². The average Bonchev–Trinajstić information content (AvgIpc) is 2.39. The van der Waals surface area contributed by atoms with Gasteiger partial charge < -0.3 is 10.6 Å². The summed E-state index contributed by atoms with van der Waals surface area (Å²) in [6.07, 6.45) is 0.968. The van der Waals surface area contributed by atoms with Gasteiger partial charge in [-0.25, -0.2) is 0 Å². The molecule has 0 aliphatic carbocycles. The summed E-state index contributed by atoms with van der Waals surface area (Å²) in [6.45, 7) is 4.80. The summed E-state index contributed by atoms with van der Waals surface area (Å²) in [7, 11) is 0. The van der Waals surface area contributed by atoms with Gasteiger partial charge in [-0.05, 0) is 42.6 Å². The quantitative estimate of drug-likeness (QED) is 0.872. The molecule has 20 heavy (non-hydrogen) atoms. The molecule has 2 rings (SSSR count). The van der Waals surface area contributed by atoms with E-state index in [1.54, 1.807) is 0 Å². The largest absolute Gasteiger partial charge is 0.354 e. The van der Waals surface area contributed by atoms with Crippen molar-refractivity contribution in [3.63, 3.8) is 0 Å². The molecule has 0 radical (unpaired) electrons. The zero-order valence-corrected chi connectivity index (χ0v) is 12.8. The number of hydrogen-bond donors (Lipinski definition) is 2. The van der Waals surface area contributed by atoms with E-state index in [-0.39, 0.29) is 5.28 Å². The first-order valence-electron chi connectivity index (χ1n) is 6.27. The van der Waals surface area contributed by atoms with Crippen LogP contribution in [-0.2, 0) is 0 Å². The lowest BCUT2D eigenvalue weighted by atomic mass is 10.2. The number of nitrogens with one attached hydrogen (secondary N) is 2. The van der Waals surface area contributed by atoms with Gasteiger partial charge in [-0.3, -0.25) is 0 Å². The van der Waals surface area contributed by atoms with Crippen molar-refractivity contribution < 1.29 is 0 Å². The van der Waals surface area contributed by atoms with Gasteiger partial charge in [0.1, 0.15) is 0 Å². The third-order valence-corrected chi connectivity index (χ3v) is 2.99. The van der Waals surface area contributed by atoms with E-state index < -0.39 is 0 Å². The molecule has 0 atom stereocenters. The Balaban J connectivity index is 2.21. The van der Waals surface area contributed by atoms with E-state index in [1.165, 1.54) is 0 Å². The first kappa shape index (κ1) is 14.8. The minimum absolute atomic E-state index is 0.129. The van der Waals surface area contributed by atoms with Crippen LogP contribution in [0.4, 0.5) is 17.6 Å². The lowest BCUT2D eigenvalue weighted by Crippen LogP contribution is -2.08. The van der Waals surface area contributed by atoms with Crippen LogP contribution in [0.5, 0.6) is 0 Å². The van der Waals surface area contributed by atoms with Crippen molar-refractivity contribution in [2.24, 2.45) is 0 Å². The fourth-order valence-electron chi connectivity index (χ4n) is 1.56. The molecule has 0 unspecified atom stereocenters. The monoisotopic (exact) mass is 311 g/mol. The molecule has 0 fully saturated rings. The molecule has 5 nitrogen and oxygen atoms in total. The van der Waals surface area contributed by atoms with Gasteiger partial charge >= 0.3 is 0 Å². The van der Waals surface area contributed by atoms with Crippen LogP contribution in [-0.4, -0.2) is 21.5 Å². The third-order valence-electron chi connectivity index (χ3n) is 2.51. The van der Waals surface area contributed by atoms with Crippen molar-refractivity contribution in [1.82, 2.24) is 15.0 Å². The van der Waals surface area contributed by atoms with Gasteiger partial charge in [-0.1, -0.05) is 24.6 Å². The lowest BCUT2D eigenvalue weighted by Gasteiger charge is -2.09. The molecule has 0 amide bonds. The average molecular weight is 312 g/mol. The second-order valence-corrected chi connectivity index (χ2v) is 5.03. The number of anilines is 3. The number of benzene rings is 1. The van der Waals surface area contributed by atoms with E-state index in [9.17, 15) is 0 Å². The van der Waals surface area contributed by atoms with Gasteiger partial charge in [0.05, 0.1) is 10.7 Å². The Morgan fingerprint density at radius 1 is 1.10 bits per heavy atom. The van der Waals surface area contributed by atoms with E-state index in [2.05, 4.69) is 32.5 Å². The van der Waals surface area contributed by atoms with Crippen LogP contribution in [0.25, 0.3) is 0 Å². The van der Waals surface area contributed by atoms with Gasteiger partial charge in [0.2, 0.25) is 17.2 Å². The summed E-state index contributed by atoms with van der Waals surface area (Å²) in [4.78, 5) is 12.3. The molecule has 2 N–H and O–H groups in total. The van der Waals surface area contributed by atoms with Crippen molar-refractivity contribution in [3.05, 3.63) is 34.1 Å².